The molecule has 2 aromatic rings. The largest absolute Gasteiger partial charge is 0.392 e. The van der Waals surface area contributed by atoms with E-state index in [1.807, 2.05) is 42.3 Å². The van der Waals surface area contributed by atoms with Gasteiger partial charge in [-0.2, -0.15) is 5.26 Å². The van der Waals surface area contributed by atoms with Gasteiger partial charge in [0, 0.05) is 18.9 Å². The van der Waals surface area contributed by atoms with Crippen LogP contribution in [0.1, 0.15) is 11.1 Å². The quantitative estimate of drug-likeness (QED) is 0.892. The molecule has 0 atom stereocenters. The summed E-state index contributed by atoms with van der Waals surface area (Å²) in [6, 6.07) is 13.1. The molecule has 0 saturated carbocycles. The smallest absolute Gasteiger partial charge is 0.132 e. The normalized spacial score (nSPS) is 9.83. The summed E-state index contributed by atoms with van der Waals surface area (Å²) in [5.41, 5.74) is 2.29. The highest BCUT2D eigenvalue weighted by Gasteiger charge is 2.05. The molecule has 1 aromatic carbocycles. The van der Waals surface area contributed by atoms with Crippen LogP contribution in [0.3, 0.4) is 0 Å². The number of benzene rings is 1. The van der Waals surface area contributed by atoms with Crippen molar-refractivity contribution in [1.82, 2.24) is 4.98 Å². The van der Waals surface area contributed by atoms with E-state index in [0.717, 1.165) is 17.1 Å². The van der Waals surface area contributed by atoms with Crippen molar-refractivity contribution < 1.29 is 5.11 Å². The van der Waals surface area contributed by atoms with Crippen LogP contribution in [0.4, 0.5) is 11.5 Å². The van der Waals surface area contributed by atoms with Gasteiger partial charge in [-0.25, -0.2) is 4.98 Å². The Labute approximate surface area is 106 Å². The second-order valence-electron chi connectivity index (χ2n) is 3.90. The van der Waals surface area contributed by atoms with Crippen LogP contribution < -0.4 is 4.90 Å². The minimum absolute atomic E-state index is 0.0130. The molecule has 0 aliphatic heterocycles. The first-order valence-corrected chi connectivity index (χ1v) is 5.54. The molecule has 0 aliphatic carbocycles. The van der Waals surface area contributed by atoms with Crippen molar-refractivity contribution in [3.05, 3.63) is 53.7 Å². The number of pyridine rings is 1. The Morgan fingerprint density at radius 1 is 1.33 bits per heavy atom. The Kier molecular flexibility index (Phi) is 3.56. The molecule has 18 heavy (non-hydrogen) atoms. The van der Waals surface area contributed by atoms with Crippen LogP contribution in [0.5, 0.6) is 0 Å². The van der Waals surface area contributed by atoms with Gasteiger partial charge in [0.2, 0.25) is 0 Å². The summed E-state index contributed by atoms with van der Waals surface area (Å²) in [4.78, 5) is 6.16. The molecule has 0 amide bonds. The van der Waals surface area contributed by atoms with Crippen molar-refractivity contribution in [2.24, 2.45) is 0 Å². The van der Waals surface area contributed by atoms with Crippen LogP contribution in [0.15, 0.2) is 42.6 Å². The maximum absolute atomic E-state index is 8.96. The number of hydrogen-bond donors (Lipinski definition) is 1. The molecule has 0 aliphatic rings. The molecule has 0 fully saturated rings. The Balaban J connectivity index is 2.29. The third-order valence-electron chi connectivity index (χ3n) is 2.70. The van der Waals surface area contributed by atoms with Gasteiger partial charge in [0.15, 0.2) is 0 Å². The molecular weight excluding hydrogens is 226 g/mol. The minimum Gasteiger partial charge on any atom is -0.392 e. The van der Waals surface area contributed by atoms with Crippen molar-refractivity contribution in [2.45, 2.75) is 6.61 Å². The molecule has 0 saturated heterocycles. The zero-order valence-corrected chi connectivity index (χ0v) is 10.0. The third kappa shape index (κ3) is 2.47. The summed E-state index contributed by atoms with van der Waals surface area (Å²) in [5, 5.41) is 17.8. The Hall–Kier alpha value is -2.38. The first kappa shape index (κ1) is 12.1. The van der Waals surface area contributed by atoms with Gasteiger partial charge in [0.05, 0.1) is 18.2 Å². The SMILES string of the molecule is CN(c1cccc(C#N)c1)c1ccc(CO)cn1. The van der Waals surface area contributed by atoms with E-state index < -0.39 is 0 Å². The number of aliphatic hydroxyl groups is 1. The van der Waals surface area contributed by atoms with Gasteiger partial charge in [-0.1, -0.05) is 12.1 Å². The van der Waals surface area contributed by atoms with E-state index in [1.54, 1.807) is 12.3 Å². The van der Waals surface area contributed by atoms with E-state index in [2.05, 4.69) is 11.1 Å². The van der Waals surface area contributed by atoms with Gasteiger partial charge in [0.25, 0.3) is 0 Å². The minimum atomic E-state index is -0.0130. The third-order valence-corrected chi connectivity index (χ3v) is 2.70. The van der Waals surface area contributed by atoms with E-state index >= 15 is 0 Å². The highest BCUT2D eigenvalue weighted by atomic mass is 16.3. The summed E-state index contributed by atoms with van der Waals surface area (Å²) >= 11 is 0. The Morgan fingerprint density at radius 3 is 2.78 bits per heavy atom. The lowest BCUT2D eigenvalue weighted by Crippen LogP contribution is -2.11. The number of anilines is 2. The molecule has 4 heteroatoms. The number of hydrogen-bond acceptors (Lipinski definition) is 4. The van der Waals surface area contributed by atoms with Gasteiger partial charge >= 0.3 is 0 Å². The van der Waals surface area contributed by atoms with Gasteiger partial charge in [-0.05, 0) is 29.8 Å². The fourth-order valence-corrected chi connectivity index (χ4v) is 1.62. The van der Waals surface area contributed by atoms with E-state index in [0.29, 0.717) is 5.56 Å². The van der Waals surface area contributed by atoms with Crippen molar-refractivity contribution in [3.8, 4) is 6.07 Å². The predicted molar refractivity (Wildman–Crippen MR) is 69.4 cm³/mol. The first-order chi connectivity index (χ1) is 8.74. The van der Waals surface area contributed by atoms with Crippen LogP contribution in [0.2, 0.25) is 0 Å². The molecular formula is C14H13N3O. The fraction of sp³-hybridized carbons (Fsp3) is 0.143. The zero-order valence-electron chi connectivity index (χ0n) is 10.0. The van der Waals surface area contributed by atoms with E-state index in [4.69, 9.17) is 10.4 Å². The average molecular weight is 239 g/mol. The Morgan fingerprint density at radius 2 is 2.17 bits per heavy atom. The summed E-state index contributed by atoms with van der Waals surface area (Å²) in [6.07, 6.45) is 1.64. The number of aromatic nitrogens is 1. The Bertz CT molecular complexity index is 572. The highest BCUT2D eigenvalue weighted by Crippen LogP contribution is 2.22. The average Bonchev–Trinajstić information content (AvgIpc) is 2.46. The van der Waals surface area contributed by atoms with Crippen LogP contribution in [-0.4, -0.2) is 17.1 Å². The van der Waals surface area contributed by atoms with Crippen LogP contribution in [-0.2, 0) is 6.61 Å². The second-order valence-corrected chi connectivity index (χ2v) is 3.90. The number of aliphatic hydroxyl groups excluding tert-OH is 1. The van der Waals surface area contributed by atoms with Crippen molar-refractivity contribution >= 4 is 11.5 Å². The molecule has 1 N–H and O–H groups in total. The topological polar surface area (TPSA) is 60.2 Å². The van der Waals surface area contributed by atoms with Gasteiger partial charge < -0.3 is 10.0 Å². The highest BCUT2D eigenvalue weighted by molar-refractivity contribution is 5.61. The maximum Gasteiger partial charge on any atom is 0.132 e. The van der Waals surface area contributed by atoms with Crippen molar-refractivity contribution in [3.63, 3.8) is 0 Å². The standard InChI is InChI=1S/C14H13N3O/c1-17(13-4-2-3-11(7-13)8-15)14-6-5-12(10-18)9-16-14/h2-7,9,18H,10H2,1H3. The lowest BCUT2D eigenvalue weighted by Gasteiger charge is -2.18. The van der Waals surface area contributed by atoms with E-state index in [1.165, 1.54) is 0 Å². The summed E-state index contributed by atoms with van der Waals surface area (Å²) in [5.74, 6) is 0.766. The van der Waals surface area contributed by atoms with Crippen LogP contribution in [0.25, 0.3) is 0 Å². The molecule has 0 bridgehead atoms. The molecule has 0 spiro atoms. The molecule has 2 rings (SSSR count). The van der Waals surface area contributed by atoms with Gasteiger partial charge in [0.1, 0.15) is 5.82 Å². The number of nitriles is 1. The fourth-order valence-electron chi connectivity index (χ4n) is 1.62. The second kappa shape index (κ2) is 5.30. The van der Waals surface area contributed by atoms with Gasteiger partial charge in [-0.15, -0.1) is 0 Å². The van der Waals surface area contributed by atoms with Gasteiger partial charge in [-0.3, -0.25) is 0 Å². The van der Waals surface area contributed by atoms with Crippen molar-refractivity contribution in [2.75, 3.05) is 11.9 Å². The number of rotatable bonds is 3. The maximum atomic E-state index is 8.96. The molecule has 1 aromatic heterocycles. The van der Waals surface area contributed by atoms with Crippen molar-refractivity contribution in [1.29, 1.82) is 5.26 Å². The summed E-state index contributed by atoms with van der Waals surface area (Å²) < 4.78 is 0. The lowest BCUT2D eigenvalue weighted by atomic mass is 10.2. The lowest BCUT2D eigenvalue weighted by molar-refractivity contribution is 0.281. The first-order valence-electron chi connectivity index (χ1n) is 5.54. The molecule has 4 nitrogen and oxygen atoms in total. The molecule has 1 heterocycles. The molecule has 90 valence electrons. The summed E-state index contributed by atoms with van der Waals surface area (Å²) in [7, 11) is 1.89. The van der Waals surface area contributed by atoms with E-state index in [-0.39, 0.29) is 6.61 Å². The monoisotopic (exact) mass is 239 g/mol. The van der Waals surface area contributed by atoms with Crippen LogP contribution >= 0.6 is 0 Å². The molecule has 0 unspecified atom stereocenters. The summed E-state index contributed by atoms with van der Waals surface area (Å²) in [6.45, 7) is -0.0130. The van der Waals surface area contributed by atoms with E-state index in [9.17, 15) is 0 Å². The predicted octanol–water partition coefficient (Wildman–Crippen LogP) is 2.21. The zero-order chi connectivity index (χ0) is 13.0. The molecule has 0 radical (unpaired) electrons. The number of nitrogens with zero attached hydrogens (tertiary/aromatic N) is 3. The van der Waals surface area contributed by atoms with Crippen LogP contribution in [0, 0.1) is 11.3 Å².